The highest BCUT2D eigenvalue weighted by molar-refractivity contribution is 5.96. The molecule has 1 aliphatic heterocycles. The zero-order chi connectivity index (χ0) is 15.4. The van der Waals surface area contributed by atoms with E-state index in [4.69, 9.17) is 4.52 Å². The number of aromatic amines is 1. The molecule has 2 saturated carbocycles. The summed E-state index contributed by atoms with van der Waals surface area (Å²) in [5, 5.41) is 4.09. The van der Waals surface area contributed by atoms with Gasteiger partial charge < -0.3 is 14.4 Å². The SMILES string of the molecule is O=C(c1cc[nH]c1C1CC1)N1CC[C@@H](c2nc(C3CC3)no2)C1. The second-order valence-electron chi connectivity index (χ2n) is 7.08. The van der Waals surface area contributed by atoms with Gasteiger partial charge in [-0.15, -0.1) is 0 Å². The van der Waals surface area contributed by atoms with Crippen molar-refractivity contribution >= 4 is 5.91 Å². The molecule has 5 rings (SSSR count). The topological polar surface area (TPSA) is 75.0 Å². The highest BCUT2D eigenvalue weighted by Crippen LogP contribution is 2.42. The number of carbonyl (C=O) groups excluding carboxylic acids is 1. The van der Waals surface area contributed by atoms with Crippen molar-refractivity contribution < 1.29 is 9.32 Å². The Morgan fingerprint density at radius 3 is 2.78 bits per heavy atom. The summed E-state index contributed by atoms with van der Waals surface area (Å²) in [6.07, 6.45) is 7.51. The predicted molar refractivity (Wildman–Crippen MR) is 82.3 cm³/mol. The van der Waals surface area contributed by atoms with Crippen molar-refractivity contribution in [1.29, 1.82) is 0 Å². The summed E-state index contributed by atoms with van der Waals surface area (Å²) in [4.78, 5) is 22.5. The third-order valence-corrected chi connectivity index (χ3v) is 5.22. The van der Waals surface area contributed by atoms with Crippen molar-refractivity contribution in [3.8, 4) is 0 Å². The zero-order valence-electron chi connectivity index (χ0n) is 13.0. The lowest BCUT2D eigenvalue weighted by Crippen LogP contribution is -2.29. The minimum absolute atomic E-state index is 0.137. The Labute approximate surface area is 134 Å². The second-order valence-corrected chi connectivity index (χ2v) is 7.08. The molecule has 3 fully saturated rings. The number of carbonyl (C=O) groups is 1. The number of hydrogen-bond donors (Lipinski definition) is 1. The molecule has 2 aromatic heterocycles. The molecule has 0 radical (unpaired) electrons. The van der Waals surface area contributed by atoms with Crippen LogP contribution in [0.3, 0.4) is 0 Å². The van der Waals surface area contributed by atoms with E-state index in [1.165, 1.54) is 25.7 Å². The van der Waals surface area contributed by atoms with E-state index in [0.29, 0.717) is 24.3 Å². The van der Waals surface area contributed by atoms with E-state index in [1.54, 1.807) is 0 Å². The maximum atomic E-state index is 12.8. The molecule has 1 amide bonds. The Morgan fingerprint density at radius 1 is 1.17 bits per heavy atom. The molecule has 120 valence electrons. The average molecular weight is 312 g/mol. The molecule has 0 bridgehead atoms. The van der Waals surface area contributed by atoms with E-state index in [9.17, 15) is 4.79 Å². The highest BCUT2D eigenvalue weighted by atomic mass is 16.5. The second kappa shape index (κ2) is 4.94. The molecule has 0 spiro atoms. The maximum absolute atomic E-state index is 12.8. The first-order chi connectivity index (χ1) is 11.3. The lowest BCUT2D eigenvalue weighted by molar-refractivity contribution is 0.0788. The summed E-state index contributed by atoms with van der Waals surface area (Å²) in [7, 11) is 0. The van der Waals surface area contributed by atoms with Gasteiger partial charge in [-0.3, -0.25) is 4.79 Å². The van der Waals surface area contributed by atoms with Gasteiger partial charge in [-0.1, -0.05) is 5.16 Å². The Hall–Kier alpha value is -2.11. The number of hydrogen-bond acceptors (Lipinski definition) is 4. The van der Waals surface area contributed by atoms with E-state index >= 15 is 0 Å². The van der Waals surface area contributed by atoms with Gasteiger partial charge in [0.1, 0.15) is 0 Å². The van der Waals surface area contributed by atoms with Crippen LogP contribution in [0.25, 0.3) is 0 Å². The van der Waals surface area contributed by atoms with E-state index in [-0.39, 0.29) is 11.8 Å². The van der Waals surface area contributed by atoms with Crippen molar-refractivity contribution in [3.05, 3.63) is 35.2 Å². The van der Waals surface area contributed by atoms with Crippen molar-refractivity contribution in [3.63, 3.8) is 0 Å². The largest absolute Gasteiger partial charge is 0.364 e. The smallest absolute Gasteiger partial charge is 0.255 e. The number of rotatable bonds is 4. The molecule has 1 atom stereocenters. The van der Waals surface area contributed by atoms with Gasteiger partial charge in [0.05, 0.1) is 11.5 Å². The first-order valence-electron chi connectivity index (χ1n) is 8.59. The quantitative estimate of drug-likeness (QED) is 0.942. The molecule has 3 heterocycles. The minimum atomic E-state index is 0.137. The Balaban J connectivity index is 1.30. The molecule has 2 aliphatic carbocycles. The van der Waals surface area contributed by atoms with Crippen LogP contribution in [0.15, 0.2) is 16.8 Å². The van der Waals surface area contributed by atoms with Gasteiger partial charge in [-0.25, -0.2) is 0 Å². The molecule has 3 aliphatic rings. The van der Waals surface area contributed by atoms with Crippen LogP contribution >= 0.6 is 0 Å². The van der Waals surface area contributed by atoms with Gasteiger partial charge in [-0.05, 0) is 44.1 Å². The van der Waals surface area contributed by atoms with E-state index in [1.807, 2.05) is 17.2 Å². The van der Waals surface area contributed by atoms with Crippen molar-refractivity contribution in [1.82, 2.24) is 20.0 Å². The van der Waals surface area contributed by atoms with Gasteiger partial charge in [0.2, 0.25) is 5.89 Å². The number of nitrogens with one attached hydrogen (secondary N) is 1. The normalized spacial score (nSPS) is 24.3. The summed E-state index contributed by atoms with van der Waals surface area (Å²) in [5.74, 6) is 2.94. The Bertz CT molecular complexity index is 741. The fourth-order valence-electron chi connectivity index (χ4n) is 3.52. The summed E-state index contributed by atoms with van der Waals surface area (Å²) in [5.41, 5.74) is 1.96. The number of H-pyrrole nitrogens is 1. The van der Waals surface area contributed by atoms with E-state index in [0.717, 1.165) is 30.0 Å². The highest BCUT2D eigenvalue weighted by Gasteiger charge is 2.36. The van der Waals surface area contributed by atoms with Gasteiger partial charge >= 0.3 is 0 Å². The van der Waals surface area contributed by atoms with E-state index in [2.05, 4.69) is 15.1 Å². The number of amides is 1. The molecular weight excluding hydrogens is 292 g/mol. The molecule has 23 heavy (non-hydrogen) atoms. The van der Waals surface area contributed by atoms with Crippen molar-refractivity contribution in [2.75, 3.05) is 13.1 Å². The van der Waals surface area contributed by atoms with Gasteiger partial charge in [0, 0.05) is 30.9 Å². The van der Waals surface area contributed by atoms with Crippen LogP contribution in [0.5, 0.6) is 0 Å². The third-order valence-electron chi connectivity index (χ3n) is 5.22. The molecule has 2 aromatic rings. The summed E-state index contributed by atoms with van der Waals surface area (Å²) in [6, 6.07) is 1.92. The summed E-state index contributed by atoms with van der Waals surface area (Å²) >= 11 is 0. The molecular formula is C17H20N4O2. The number of aromatic nitrogens is 3. The molecule has 6 heteroatoms. The third kappa shape index (κ3) is 2.36. The molecule has 1 N–H and O–H groups in total. The van der Waals surface area contributed by atoms with Crippen molar-refractivity contribution in [2.45, 2.75) is 49.9 Å². The van der Waals surface area contributed by atoms with E-state index < -0.39 is 0 Å². The molecule has 6 nitrogen and oxygen atoms in total. The molecule has 1 saturated heterocycles. The predicted octanol–water partition coefficient (Wildman–Crippen LogP) is 2.78. The van der Waals surface area contributed by atoms with Crippen LogP contribution in [-0.2, 0) is 0 Å². The van der Waals surface area contributed by atoms with Crippen LogP contribution in [-0.4, -0.2) is 39.0 Å². The van der Waals surface area contributed by atoms with Crippen LogP contribution in [0.1, 0.15) is 77.6 Å². The monoisotopic (exact) mass is 312 g/mol. The Morgan fingerprint density at radius 2 is 2.00 bits per heavy atom. The maximum Gasteiger partial charge on any atom is 0.255 e. The molecule has 0 unspecified atom stereocenters. The van der Waals surface area contributed by atoms with Gasteiger partial charge in [0.25, 0.3) is 5.91 Å². The fraction of sp³-hybridized carbons (Fsp3) is 0.588. The standard InChI is InChI=1S/C17H20N4O2/c22-17(13-5-7-18-14(13)10-1-2-10)21-8-6-12(9-21)16-19-15(20-23-16)11-3-4-11/h5,7,10-12,18H,1-4,6,8-9H2/t12-/m1/s1. The van der Waals surface area contributed by atoms with Crippen LogP contribution in [0.4, 0.5) is 0 Å². The number of nitrogens with zero attached hydrogens (tertiary/aromatic N) is 3. The first-order valence-corrected chi connectivity index (χ1v) is 8.59. The van der Waals surface area contributed by atoms with Gasteiger partial charge in [0.15, 0.2) is 5.82 Å². The lowest BCUT2D eigenvalue weighted by atomic mass is 10.1. The lowest BCUT2D eigenvalue weighted by Gasteiger charge is -2.16. The summed E-state index contributed by atoms with van der Waals surface area (Å²) in [6.45, 7) is 1.44. The fourth-order valence-corrected chi connectivity index (χ4v) is 3.52. The van der Waals surface area contributed by atoms with Gasteiger partial charge in [-0.2, -0.15) is 4.98 Å². The average Bonchev–Trinajstić information content (AvgIpc) is 3.43. The number of likely N-dealkylation sites (tertiary alicyclic amines) is 1. The minimum Gasteiger partial charge on any atom is -0.364 e. The molecule has 0 aromatic carbocycles. The first kappa shape index (κ1) is 13.3. The van der Waals surface area contributed by atoms with Crippen LogP contribution in [0.2, 0.25) is 0 Å². The van der Waals surface area contributed by atoms with Crippen LogP contribution < -0.4 is 0 Å². The zero-order valence-corrected chi connectivity index (χ0v) is 13.0. The summed E-state index contributed by atoms with van der Waals surface area (Å²) < 4.78 is 5.44. The van der Waals surface area contributed by atoms with Crippen LogP contribution in [0, 0.1) is 0 Å². The Kier molecular flexibility index (Phi) is 2.87. The van der Waals surface area contributed by atoms with Crippen molar-refractivity contribution in [2.24, 2.45) is 0 Å².